The monoisotopic (exact) mass is 230 g/mol. The molecule has 0 radical (unpaired) electrons. The van der Waals surface area contributed by atoms with E-state index in [1.807, 2.05) is 0 Å². The summed E-state index contributed by atoms with van der Waals surface area (Å²) in [4.78, 5) is 14.5. The van der Waals surface area contributed by atoms with Gasteiger partial charge in [0.2, 0.25) is 0 Å². The summed E-state index contributed by atoms with van der Waals surface area (Å²) in [6.07, 6.45) is 0. The van der Waals surface area contributed by atoms with Gasteiger partial charge in [-0.15, -0.1) is 0 Å². The quantitative estimate of drug-likeness (QED) is 0.752. The van der Waals surface area contributed by atoms with Gasteiger partial charge < -0.3 is 5.11 Å². The van der Waals surface area contributed by atoms with Crippen LogP contribution in [-0.2, 0) is 0 Å². The van der Waals surface area contributed by atoms with Crippen LogP contribution >= 0.6 is 23.2 Å². The van der Waals surface area contributed by atoms with Crippen molar-refractivity contribution in [3.63, 3.8) is 0 Å². The highest BCUT2D eigenvalue weighted by Crippen LogP contribution is 2.27. The van der Waals surface area contributed by atoms with Crippen LogP contribution in [0.2, 0.25) is 10.2 Å². The topological polar surface area (TPSA) is 74.0 Å². The Bertz CT molecular complexity index is 452. The van der Waals surface area contributed by atoms with Crippen molar-refractivity contribution in [2.45, 2.75) is 6.92 Å². The van der Waals surface area contributed by atoms with Gasteiger partial charge >= 0.3 is 5.97 Å². The lowest BCUT2D eigenvalue weighted by molar-refractivity contribution is 0.0696. The van der Waals surface area contributed by atoms with E-state index in [0.717, 1.165) is 0 Å². The first-order chi connectivity index (χ1) is 6.49. The third kappa shape index (κ3) is 1.65. The number of aryl methyl sites for hydroxylation is 1. The van der Waals surface area contributed by atoms with Gasteiger partial charge in [-0.2, -0.15) is 5.26 Å². The van der Waals surface area contributed by atoms with E-state index in [-0.39, 0.29) is 27.0 Å². The summed E-state index contributed by atoms with van der Waals surface area (Å²) >= 11 is 11.3. The molecule has 6 heteroatoms. The zero-order valence-corrected chi connectivity index (χ0v) is 8.52. The van der Waals surface area contributed by atoms with Gasteiger partial charge in [0.15, 0.2) is 0 Å². The lowest BCUT2D eigenvalue weighted by Gasteiger charge is -2.05. The zero-order valence-electron chi connectivity index (χ0n) is 7.01. The molecule has 0 spiro atoms. The van der Waals surface area contributed by atoms with Crippen LogP contribution in [0.5, 0.6) is 0 Å². The summed E-state index contributed by atoms with van der Waals surface area (Å²) in [5.41, 5.74) is -0.227. The number of nitrogens with zero attached hydrogens (tertiary/aromatic N) is 2. The highest BCUT2D eigenvalue weighted by molar-refractivity contribution is 6.36. The van der Waals surface area contributed by atoms with Gasteiger partial charge in [-0.25, -0.2) is 9.78 Å². The number of aromatic carboxylic acids is 1. The Labute approximate surface area is 89.7 Å². The first-order valence-corrected chi connectivity index (χ1v) is 4.23. The number of nitriles is 1. The predicted octanol–water partition coefficient (Wildman–Crippen LogP) is 2.27. The summed E-state index contributed by atoms with van der Waals surface area (Å²) in [5, 5.41) is 17.3. The largest absolute Gasteiger partial charge is 0.478 e. The van der Waals surface area contributed by atoms with Gasteiger partial charge in [0.25, 0.3) is 0 Å². The Morgan fingerprint density at radius 1 is 1.57 bits per heavy atom. The highest BCUT2D eigenvalue weighted by Gasteiger charge is 2.20. The normalized spacial score (nSPS) is 9.57. The Morgan fingerprint density at radius 3 is 2.57 bits per heavy atom. The third-order valence-corrected chi connectivity index (χ3v) is 2.32. The van der Waals surface area contributed by atoms with E-state index >= 15 is 0 Å². The molecule has 0 amide bonds. The van der Waals surface area contributed by atoms with Crippen molar-refractivity contribution in [3.05, 3.63) is 27.0 Å². The molecule has 1 rings (SSSR count). The maximum Gasteiger partial charge on any atom is 0.338 e. The molecule has 1 N–H and O–H groups in total. The third-order valence-electron chi connectivity index (χ3n) is 1.58. The standard InChI is InChI=1S/C8H4Cl2N2O2/c1-3-6(9)5(8(13)14)4(2-11)7(10)12-3/h1H3,(H,13,14). The van der Waals surface area contributed by atoms with Crippen LogP contribution in [0.15, 0.2) is 0 Å². The Balaban J connectivity index is 3.67. The van der Waals surface area contributed by atoms with Crippen molar-refractivity contribution in [1.82, 2.24) is 4.98 Å². The van der Waals surface area contributed by atoms with Crippen LogP contribution in [0.4, 0.5) is 0 Å². The minimum absolute atomic E-state index is 0.0570. The summed E-state index contributed by atoms with van der Waals surface area (Å²) in [7, 11) is 0. The fourth-order valence-corrected chi connectivity index (χ4v) is 1.43. The van der Waals surface area contributed by atoms with Crippen molar-refractivity contribution in [3.8, 4) is 6.07 Å². The van der Waals surface area contributed by atoms with Gasteiger partial charge in [0.05, 0.1) is 10.7 Å². The minimum Gasteiger partial charge on any atom is -0.478 e. The number of carboxylic acid groups (broad SMARTS) is 1. The molecule has 1 heterocycles. The molecule has 0 aromatic carbocycles. The molecule has 0 atom stereocenters. The van der Waals surface area contributed by atoms with Gasteiger partial charge in [0, 0.05) is 0 Å². The van der Waals surface area contributed by atoms with Gasteiger partial charge in [-0.1, -0.05) is 23.2 Å². The summed E-state index contributed by atoms with van der Waals surface area (Å²) in [5.74, 6) is -1.29. The zero-order chi connectivity index (χ0) is 10.9. The molecule has 0 aliphatic rings. The maximum atomic E-state index is 10.8. The first kappa shape index (κ1) is 10.8. The number of hydrogen-bond donors (Lipinski definition) is 1. The van der Waals surface area contributed by atoms with Crippen molar-refractivity contribution in [1.29, 1.82) is 5.26 Å². The fourth-order valence-electron chi connectivity index (χ4n) is 0.949. The number of halogens is 2. The average molecular weight is 231 g/mol. The Morgan fingerprint density at radius 2 is 2.14 bits per heavy atom. The smallest absolute Gasteiger partial charge is 0.338 e. The number of hydrogen-bond acceptors (Lipinski definition) is 3. The number of rotatable bonds is 1. The Hall–Kier alpha value is -1.31. The molecule has 4 nitrogen and oxygen atoms in total. The Kier molecular flexibility index (Phi) is 2.94. The second-order valence-electron chi connectivity index (χ2n) is 2.47. The van der Waals surface area contributed by atoms with Crippen LogP contribution in [0.25, 0.3) is 0 Å². The molecule has 0 aliphatic heterocycles. The van der Waals surface area contributed by atoms with Crippen LogP contribution in [-0.4, -0.2) is 16.1 Å². The first-order valence-electron chi connectivity index (χ1n) is 3.48. The summed E-state index contributed by atoms with van der Waals surface area (Å²) in [6, 6.07) is 1.65. The maximum absolute atomic E-state index is 10.8. The second kappa shape index (κ2) is 3.82. The molecule has 0 aliphatic carbocycles. The lowest BCUT2D eigenvalue weighted by atomic mass is 10.1. The van der Waals surface area contributed by atoms with E-state index in [1.165, 1.54) is 6.92 Å². The van der Waals surface area contributed by atoms with E-state index in [1.54, 1.807) is 6.07 Å². The number of pyridine rings is 1. The number of carbonyl (C=O) groups is 1. The van der Waals surface area contributed by atoms with Crippen LogP contribution in [0, 0.1) is 18.3 Å². The SMILES string of the molecule is Cc1nc(Cl)c(C#N)c(C(=O)O)c1Cl. The molecular formula is C8H4Cl2N2O2. The molecule has 1 aromatic rings. The van der Waals surface area contributed by atoms with Crippen LogP contribution in [0.1, 0.15) is 21.6 Å². The summed E-state index contributed by atoms with van der Waals surface area (Å²) < 4.78 is 0. The van der Waals surface area contributed by atoms with Crippen molar-refractivity contribution in [2.75, 3.05) is 0 Å². The number of carboxylic acids is 1. The molecule has 14 heavy (non-hydrogen) atoms. The molecule has 1 aromatic heterocycles. The van der Waals surface area contributed by atoms with Gasteiger partial charge in [-0.3, -0.25) is 0 Å². The van der Waals surface area contributed by atoms with E-state index in [4.69, 9.17) is 33.6 Å². The molecule has 0 fully saturated rings. The van der Waals surface area contributed by atoms with E-state index in [9.17, 15) is 4.79 Å². The van der Waals surface area contributed by atoms with Crippen LogP contribution < -0.4 is 0 Å². The van der Waals surface area contributed by atoms with Crippen molar-refractivity contribution in [2.24, 2.45) is 0 Å². The molecule has 0 saturated carbocycles. The van der Waals surface area contributed by atoms with Crippen molar-refractivity contribution >= 4 is 29.2 Å². The molecular weight excluding hydrogens is 227 g/mol. The highest BCUT2D eigenvalue weighted by atomic mass is 35.5. The minimum atomic E-state index is -1.29. The summed E-state index contributed by atoms with van der Waals surface area (Å²) in [6.45, 7) is 1.52. The van der Waals surface area contributed by atoms with E-state index in [2.05, 4.69) is 4.98 Å². The molecule has 0 unspecified atom stereocenters. The van der Waals surface area contributed by atoms with Gasteiger partial charge in [0.1, 0.15) is 22.3 Å². The second-order valence-corrected chi connectivity index (χ2v) is 3.20. The fraction of sp³-hybridized carbons (Fsp3) is 0.125. The molecule has 0 saturated heterocycles. The lowest BCUT2D eigenvalue weighted by Crippen LogP contribution is -2.05. The predicted molar refractivity (Wildman–Crippen MR) is 50.7 cm³/mol. The average Bonchev–Trinajstić information content (AvgIpc) is 2.10. The van der Waals surface area contributed by atoms with E-state index < -0.39 is 5.97 Å². The molecule has 0 bridgehead atoms. The van der Waals surface area contributed by atoms with Crippen LogP contribution in [0.3, 0.4) is 0 Å². The van der Waals surface area contributed by atoms with Crippen molar-refractivity contribution < 1.29 is 9.90 Å². The van der Waals surface area contributed by atoms with Gasteiger partial charge in [-0.05, 0) is 6.92 Å². The number of aromatic nitrogens is 1. The molecule has 72 valence electrons. The van der Waals surface area contributed by atoms with E-state index in [0.29, 0.717) is 0 Å².